The highest BCUT2D eigenvalue weighted by molar-refractivity contribution is 7.90. The molecule has 0 saturated heterocycles. The fourth-order valence-electron chi connectivity index (χ4n) is 4.34. The SMILES string of the molecule is COc1cc2c(nc1OC)c(-c1cc3cc(F)cnc3n1S(=O)(=O)c1ccc(C)cc1)cn2C(=O)OC(C)(C)C. The van der Waals surface area contributed by atoms with Crippen LogP contribution in [0, 0.1) is 12.7 Å². The quantitative estimate of drug-likeness (QED) is 0.273. The molecule has 0 bridgehead atoms. The van der Waals surface area contributed by atoms with E-state index in [0.717, 1.165) is 15.7 Å². The van der Waals surface area contributed by atoms with Crippen LogP contribution in [0.3, 0.4) is 0 Å². The number of fused-ring (bicyclic) bond motifs is 2. The molecule has 4 heterocycles. The van der Waals surface area contributed by atoms with Crippen molar-refractivity contribution >= 4 is 38.2 Å². The average Bonchev–Trinajstić information content (AvgIpc) is 3.45. The fourth-order valence-corrected chi connectivity index (χ4v) is 5.82. The van der Waals surface area contributed by atoms with E-state index in [-0.39, 0.29) is 49.8 Å². The first kappa shape index (κ1) is 27.1. The molecule has 0 radical (unpaired) electrons. The van der Waals surface area contributed by atoms with Gasteiger partial charge < -0.3 is 14.2 Å². The maximum atomic E-state index is 14.2. The number of aryl methyl sites for hydroxylation is 1. The van der Waals surface area contributed by atoms with E-state index in [1.165, 1.54) is 49.2 Å². The highest BCUT2D eigenvalue weighted by atomic mass is 32.2. The summed E-state index contributed by atoms with van der Waals surface area (Å²) in [6.07, 6.45) is 1.66. The monoisotopic (exact) mass is 566 g/mol. The van der Waals surface area contributed by atoms with Crippen molar-refractivity contribution in [2.24, 2.45) is 0 Å². The molecule has 0 aliphatic rings. The van der Waals surface area contributed by atoms with Crippen molar-refractivity contribution in [2.75, 3.05) is 14.2 Å². The van der Waals surface area contributed by atoms with E-state index < -0.39 is 27.5 Å². The maximum Gasteiger partial charge on any atom is 0.419 e. The second kappa shape index (κ2) is 9.63. The van der Waals surface area contributed by atoms with Crippen molar-refractivity contribution in [3.8, 4) is 22.9 Å². The Labute approximate surface area is 230 Å². The Bertz CT molecular complexity index is 1890. The van der Waals surface area contributed by atoms with Gasteiger partial charge in [-0.2, -0.15) is 0 Å². The number of carbonyl (C=O) groups is 1. The molecule has 4 aromatic heterocycles. The summed E-state index contributed by atoms with van der Waals surface area (Å²) < 4.78 is 61.0. The van der Waals surface area contributed by atoms with Crippen molar-refractivity contribution in [2.45, 2.75) is 38.2 Å². The number of pyridine rings is 2. The molecule has 40 heavy (non-hydrogen) atoms. The number of hydrogen-bond donors (Lipinski definition) is 0. The van der Waals surface area contributed by atoms with Crippen molar-refractivity contribution in [1.82, 2.24) is 18.5 Å². The van der Waals surface area contributed by atoms with Crippen molar-refractivity contribution in [1.29, 1.82) is 0 Å². The zero-order valence-electron chi connectivity index (χ0n) is 22.7. The second-order valence-corrected chi connectivity index (χ2v) is 11.9. The molecule has 0 fully saturated rings. The van der Waals surface area contributed by atoms with Gasteiger partial charge in [-0.05, 0) is 52.0 Å². The van der Waals surface area contributed by atoms with E-state index in [2.05, 4.69) is 9.97 Å². The van der Waals surface area contributed by atoms with Crippen LogP contribution in [0.1, 0.15) is 26.3 Å². The number of rotatable bonds is 5. The summed E-state index contributed by atoms with van der Waals surface area (Å²) in [5, 5.41) is 0.240. The lowest BCUT2D eigenvalue weighted by atomic mass is 10.2. The highest BCUT2D eigenvalue weighted by Gasteiger charge is 2.30. The van der Waals surface area contributed by atoms with Gasteiger partial charge in [0.05, 0.1) is 36.5 Å². The van der Waals surface area contributed by atoms with E-state index in [9.17, 15) is 17.6 Å². The van der Waals surface area contributed by atoms with Gasteiger partial charge in [0.15, 0.2) is 11.4 Å². The Morgan fingerprint density at radius 1 is 1.02 bits per heavy atom. The molecule has 10 nitrogen and oxygen atoms in total. The molecule has 208 valence electrons. The lowest BCUT2D eigenvalue weighted by molar-refractivity contribution is 0.0544. The summed E-state index contributed by atoms with van der Waals surface area (Å²) in [6, 6.07) is 10.6. The smallest absolute Gasteiger partial charge is 0.419 e. The number of nitrogens with zero attached hydrogens (tertiary/aromatic N) is 4. The highest BCUT2D eigenvalue weighted by Crippen LogP contribution is 2.39. The van der Waals surface area contributed by atoms with Crippen LogP contribution in [-0.2, 0) is 14.8 Å². The Balaban J connectivity index is 1.87. The first-order chi connectivity index (χ1) is 18.8. The van der Waals surface area contributed by atoms with Crippen LogP contribution in [0.5, 0.6) is 11.6 Å². The van der Waals surface area contributed by atoms with E-state index in [0.29, 0.717) is 0 Å². The molecule has 0 atom stereocenters. The molecule has 0 unspecified atom stereocenters. The van der Waals surface area contributed by atoms with Gasteiger partial charge in [-0.25, -0.2) is 31.5 Å². The molecule has 0 N–H and O–H groups in total. The molecule has 0 aliphatic heterocycles. The minimum Gasteiger partial charge on any atom is -0.491 e. The predicted octanol–water partition coefficient (Wildman–Crippen LogP) is 5.54. The Kier molecular flexibility index (Phi) is 6.53. The zero-order valence-corrected chi connectivity index (χ0v) is 23.5. The Morgan fingerprint density at radius 2 is 1.73 bits per heavy atom. The molecule has 12 heteroatoms. The summed E-state index contributed by atoms with van der Waals surface area (Å²) in [4.78, 5) is 22.0. The van der Waals surface area contributed by atoms with Gasteiger partial charge in [0, 0.05) is 23.2 Å². The molecule has 5 rings (SSSR count). The third-order valence-electron chi connectivity index (χ3n) is 6.11. The van der Waals surface area contributed by atoms with Crippen LogP contribution >= 0.6 is 0 Å². The van der Waals surface area contributed by atoms with Crippen LogP contribution < -0.4 is 9.47 Å². The summed E-state index contributed by atoms with van der Waals surface area (Å²) >= 11 is 0. The number of benzene rings is 1. The van der Waals surface area contributed by atoms with Gasteiger partial charge in [-0.1, -0.05) is 17.7 Å². The van der Waals surface area contributed by atoms with E-state index in [4.69, 9.17) is 14.2 Å². The number of halogens is 1. The second-order valence-electron chi connectivity index (χ2n) is 10.1. The minimum atomic E-state index is -4.25. The summed E-state index contributed by atoms with van der Waals surface area (Å²) in [7, 11) is -1.41. The average molecular weight is 567 g/mol. The third-order valence-corrected chi connectivity index (χ3v) is 7.83. The molecule has 0 saturated carbocycles. The van der Waals surface area contributed by atoms with E-state index in [1.54, 1.807) is 39.0 Å². The standard InChI is InChI=1S/C28H27FN4O6S/c1-16-7-9-19(10-8-16)40(35,36)33-21(12-17-11-18(29)14-30-25(17)33)20-15-32(27(34)39-28(2,3)4)22-13-23(37-5)26(38-6)31-24(20)22/h7-15H,1-6H3. The van der Waals surface area contributed by atoms with E-state index >= 15 is 0 Å². The van der Waals surface area contributed by atoms with Gasteiger partial charge in [0.2, 0.25) is 0 Å². The zero-order chi connectivity index (χ0) is 29.0. The summed E-state index contributed by atoms with van der Waals surface area (Å²) in [5.41, 5.74) is 0.940. The van der Waals surface area contributed by atoms with Gasteiger partial charge >= 0.3 is 6.09 Å². The third kappa shape index (κ3) is 4.64. The summed E-state index contributed by atoms with van der Waals surface area (Å²) in [6.45, 7) is 7.03. The molecule has 5 aromatic rings. The molecule has 0 spiro atoms. The van der Waals surface area contributed by atoms with Gasteiger partial charge in [-0.3, -0.25) is 4.57 Å². The van der Waals surface area contributed by atoms with Crippen LogP contribution in [0.2, 0.25) is 0 Å². The van der Waals surface area contributed by atoms with Crippen molar-refractivity contribution in [3.63, 3.8) is 0 Å². The number of hydrogen-bond acceptors (Lipinski definition) is 8. The lowest BCUT2D eigenvalue weighted by Gasteiger charge is -2.19. The molecule has 0 aliphatic carbocycles. The Hall–Kier alpha value is -4.45. The van der Waals surface area contributed by atoms with Crippen molar-refractivity contribution < 1.29 is 31.8 Å². The fraction of sp³-hybridized carbons (Fsp3) is 0.250. The minimum absolute atomic E-state index is 0.00562. The number of ether oxygens (including phenoxy) is 3. The molecular formula is C28H27FN4O6S. The molecule has 0 amide bonds. The van der Waals surface area contributed by atoms with E-state index in [1.807, 2.05) is 6.92 Å². The molecule has 1 aromatic carbocycles. The molecular weight excluding hydrogens is 539 g/mol. The van der Waals surface area contributed by atoms with Crippen LogP contribution in [0.15, 0.2) is 59.8 Å². The number of methoxy groups -OCH3 is 2. The van der Waals surface area contributed by atoms with Gasteiger partial charge in [0.1, 0.15) is 16.9 Å². The first-order valence-corrected chi connectivity index (χ1v) is 13.6. The first-order valence-electron chi connectivity index (χ1n) is 12.2. The van der Waals surface area contributed by atoms with Crippen LogP contribution in [-0.4, -0.2) is 52.8 Å². The Morgan fingerprint density at radius 3 is 2.35 bits per heavy atom. The van der Waals surface area contributed by atoms with Crippen molar-refractivity contribution in [3.05, 3.63) is 66.2 Å². The van der Waals surface area contributed by atoms with Crippen LogP contribution in [0.4, 0.5) is 9.18 Å². The van der Waals surface area contributed by atoms with Crippen LogP contribution in [0.25, 0.3) is 33.3 Å². The number of aromatic nitrogens is 4. The predicted molar refractivity (Wildman–Crippen MR) is 147 cm³/mol. The normalized spacial score (nSPS) is 12.2. The van der Waals surface area contributed by atoms with Gasteiger partial charge in [0.25, 0.3) is 15.9 Å². The summed E-state index contributed by atoms with van der Waals surface area (Å²) in [5.74, 6) is -0.267. The topological polar surface area (TPSA) is 115 Å². The largest absolute Gasteiger partial charge is 0.491 e. The number of carbonyl (C=O) groups excluding carboxylic acids is 1. The van der Waals surface area contributed by atoms with Gasteiger partial charge in [-0.15, -0.1) is 0 Å². The maximum absolute atomic E-state index is 14.2. The lowest BCUT2D eigenvalue weighted by Crippen LogP contribution is -2.26.